The molecule has 0 bridgehead atoms. The summed E-state index contributed by atoms with van der Waals surface area (Å²) in [6.07, 6.45) is 0. The number of benzene rings is 2. The Morgan fingerprint density at radius 2 is 1.79 bits per heavy atom. The number of amides is 1. The van der Waals surface area contributed by atoms with Crippen molar-refractivity contribution in [2.45, 2.75) is 19.5 Å². The van der Waals surface area contributed by atoms with Crippen molar-refractivity contribution < 1.29 is 23.8 Å². The van der Waals surface area contributed by atoms with Gasteiger partial charge >= 0.3 is 5.97 Å². The van der Waals surface area contributed by atoms with Gasteiger partial charge in [0.1, 0.15) is 12.4 Å². The maximum atomic E-state index is 12.8. The van der Waals surface area contributed by atoms with Gasteiger partial charge in [-0.25, -0.2) is 4.98 Å². The van der Waals surface area contributed by atoms with E-state index in [9.17, 15) is 9.59 Å². The molecule has 0 radical (unpaired) electrons. The molecule has 1 unspecified atom stereocenters. The lowest BCUT2D eigenvalue weighted by atomic mass is 10.1. The second kappa shape index (κ2) is 8.64. The molecule has 0 aliphatic heterocycles. The molecular weight excluding hydrogens is 374 g/mol. The van der Waals surface area contributed by atoms with Gasteiger partial charge in [-0.1, -0.05) is 12.1 Å². The van der Waals surface area contributed by atoms with E-state index in [0.717, 1.165) is 11.0 Å². The number of methoxy groups -OCH3 is 3. The van der Waals surface area contributed by atoms with E-state index in [1.165, 1.54) is 21.3 Å². The fourth-order valence-corrected chi connectivity index (χ4v) is 3.11. The number of carbonyl (C=O) groups is 2. The van der Waals surface area contributed by atoms with Crippen molar-refractivity contribution in [2.75, 3.05) is 21.3 Å². The standard InChI is InChI=1S/C21H23N3O5/c1-13(22-21(26)14-9-10-17(27-2)18(11-14)28-3)20-23-15-7-5-6-8-16(15)24(20)12-19(25)29-4/h5-11,13H,12H2,1-4H3,(H,22,26). The second-order valence-electron chi connectivity index (χ2n) is 6.39. The van der Waals surface area contributed by atoms with Crippen LogP contribution in [-0.4, -0.2) is 42.8 Å². The summed E-state index contributed by atoms with van der Waals surface area (Å²) in [4.78, 5) is 29.3. The fourth-order valence-electron chi connectivity index (χ4n) is 3.11. The Hall–Kier alpha value is -3.55. The summed E-state index contributed by atoms with van der Waals surface area (Å²) in [5.74, 6) is 0.871. The smallest absolute Gasteiger partial charge is 0.325 e. The summed E-state index contributed by atoms with van der Waals surface area (Å²) < 4.78 is 17.0. The largest absolute Gasteiger partial charge is 0.493 e. The number of ether oxygens (including phenoxy) is 3. The van der Waals surface area contributed by atoms with Crippen LogP contribution < -0.4 is 14.8 Å². The maximum Gasteiger partial charge on any atom is 0.325 e. The van der Waals surface area contributed by atoms with Gasteiger partial charge in [0.2, 0.25) is 0 Å². The maximum absolute atomic E-state index is 12.8. The van der Waals surface area contributed by atoms with Crippen LogP contribution in [0.2, 0.25) is 0 Å². The van der Waals surface area contributed by atoms with Crippen molar-refractivity contribution in [1.29, 1.82) is 0 Å². The van der Waals surface area contributed by atoms with Crippen LogP contribution in [0.15, 0.2) is 42.5 Å². The molecule has 0 aliphatic rings. The zero-order valence-corrected chi connectivity index (χ0v) is 16.8. The van der Waals surface area contributed by atoms with Gasteiger partial charge in [-0.05, 0) is 37.3 Å². The number of carbonyl (C=O) groups excluding carboxylic acids is 2. The van der Waals surface area contributed by atoms with E-state index >= 15 is 0 Å². The van der Waals surface area contributed by atoms with Gasteiger partial charge in [0, 0.05) is 5.56 Å². The van der Waals surface area contributed by atoms with Gasteiger partial charge in [0.05, 0.1) is 38.4 Å². The van der Waals surface area contributed by atoms with Crippen LogP contribution in [-0.2, 0) is 16.1 Å². The SMILES string of the molecule is COC(=O)Cn1c(C(C)NC(=O)c2ccc(OC)c(OC)c2)nc2ccccc21. The van der Waals surface area contributed by atoms with Crippen molar-refractivity contribution in [1.82, 2.24) is 14.9 Å². The van der Waals surface area contributed by atoms with Crippen LogP contribution in [0.5, 0.6) is 11.5 Å². The molecule has 0 saturated heterocycles. The number of hydrogen-bond donors (Lipinski definition) is 1. The lowest BCUT2D eigenvalue weighted by Crippen LogP contribution is -2.29. The molecule has 0 saturated carbocycles. The van der Waals surface area contributed by atoms with Crippen LogP contribution in [0.3, 0.4) is 0 Å². The van der Waals surface area contributed by atoms with E-state index < -0.39 is 12.0 Å². The number of hydrogen-bond acceptors (Lipinski definition) is 6. The average molecular weight is 397 g/mol. The Morgan fingerprint density at radius 1 is 1.07 bits per heavy atom. The zero-order valence-electron chi connectivity index (χ0n) is 16.8. The predicted octanol–water partition coefficient (Wildman–Crippen LogP) is 2.72. The Labute approximate surface area is 168 Å². The molecule has 1 atom stereocenters. The van der Waals surface area contributed by atoms with E-state index in [4.69, 9.17) is 14.2 Å². The summed E-state index contributed by atoms with van der Waals surface area (Å²) in [6.45, 7) is 1.82. The monoisotopic (exact) mass is 397 g/mol. The van der Waals surface area contributed by atoms with E-state index in [-0.39, 0.29) is 12.5 Å². The van der Waals surface area contributed by atoms with Crippen LogP contribution in [0, 0.1) is 0 Å². The first kappa shape index (κ1) is 20.2. The molecule has 0 fully saturated rings. The van der Waals surface area contributed by atoms with Crippen LogP contribution in [0.4, 0.5) is 0 Å². The van der Waals surface area contributed by atoms with E-state index in [1.807, 2.05) is 31.2 Å². The van der Waals surface area contributed by atoms with Gasteiger partial charge in [-0.3, -0.25) is 9.59 Å². The Kier molecular flexibility index (Phi) is 6.01. The normalized spacial score (nSPS) is 11.7. The molecule has 152 valence electrons. The molecule has 8 heteroatoms. The minimum atomic E-state index is -0.451. The van der Waals surface area contributed by atoms with Crippen molar-refractivity contribution in [2.24, 2.45) is 0 Å². The van der Waals surface area contributed by atoms with Gasteiger partial charge in [0.15, 0.2) is 11.5 Å². The van der Waals surface area contributed by atoms with Gasteiger partial charge in [-0.2, -0.15) is 0 Å². The van der Waals surface area contributed by atoms with E-state index in [2.05, 4.69) is 10.3 Å². The molecule has 1 N–H and O–H groups in total. The van der Waals surface area contributed by atoms with Gasteiger partial charge in [0.25, 0.3) is 5.91 Å². The highest BCUT2D eigenvalue weighted by molar-refractivity contribution is 5.95. The zero-order chi connectivity index (χ0) is 21.0. The quantitative estimate of drug-likeness (QED) is 0.617. The van der Waals surface area contributed by atoms with Crippen molar-refractivity contribution in [3.63, 3.8) is 0 Å². The molecular formula is C21H23N3O5. The molecule has 8 nitrogen and oxygen atoms in total. The van der Waals surface area contributed by atoms with Gasteiger partial charge in [-0.15, -0.1) is 0 Å². The topological polar surface area (TPSA) is 91.7 Å². The van der Waals surface area contributed by atoms with Crippen molar-refractivity contribution in [3.05, 3.63) is 53.9 Å². The Bertz CT molecular complexity index is 1040. The summed E-state index contributed by atoms with van der Waals surface area (Å²) in [7, 11) is 4.38. The molecule has 3 aromatic rings. The Morgan fingerprint density at radius 3 is 2.48 bits per heavy atom. The summed E-state index contributed by atoms with van der Waals surface area (Å²) in [6, 6.07) is 12.0. The highest BCUT2D eigenvalue weighted by Gasteiger charge is 2.21. The second-order valence-corrected chi connectivity index (χ2v) is 6.39. The van der Waals surface area contributed by atoms with E-state index in [0.29, 0.717) is 22.9 Å². The highest BCUT2D eigenvalue weighted by Crippen LogP contribution is 2.28. The highest BCUT2D eigenvalue weighted by atomic mass is 16.5. The van der Waals surface area contributed by atoms with E-state index in [1.54, 1.807) is 22.8 Å². The van der Waals surface area contributed by atoms with Crippen LogP contribution in [0.25, 0.3) is 11.0 Å². The summed E-state index contributed by atoms with van der Waals surface area (Å²) in [5.41, 5.74) is 1.95. The van der Waals surface area contributed by atoms with Crippen LogP contribution >= 0.6 is 0 Å². The van der Waals surface area contributed by atoms with Crippen molar-refractivity contribution >= 4 is 22.9 Å². The number of rotatable bonds is 7. The first-order chi connectivity index (χ1) is 14.0. The number of esters is 1. The first-order valence-electron chi connectivity index (χ1n) is 9.03. The van der Waals surface area contributed by atoms with Crippen LogP contribution in [0.1, 0.15) is 29.1 Å². The molecule has 1 heterocycles. The number of nitrogens with zero attached hydrogens (tertiary/aromatic N) is 2. The summed E-state index contributed by atoms with van der Waals surface area (Å²) >= 11 is 0. The minimum Gasteiger partial charge on any atom is -0.493 e. The minimum absolute atomic E-state index is 0.00289. The average Bonchev–Trinajstić information content (AvgIpc) is 3.11. The predicted molar refractivity (Wildman–Crippen MR) is 107 cm³/mol. The molecule has 3 rings (SSSR count). The number of aromatic nitrogens is 2. The fraction of sp³-hybridized carbons (Fsp3) is 0.286. The Balaban J connectivity index is 1.89. The summed E-state index contributed by atoms with van der Waals surface area (Å²) in [5, 5.41) is 2.92. The number of para-hydroxylation sites is 2. The molecule has 1 aromatic heterocycles. The lowest BCUT2D eigenvalue weighted by Gasteiger charge is -2.16. The molecule has 1 amide bonds. The number of fused-ring (bicyclic) bond motifs is 1. The third kappa shape index (κ3) is 4.16. The molecule has 0 aliphatic carbocycles. The molecule has 29 heavy (non-hydrogen) atoms. The third-order valence-electron chi connectivity index (χ3n) is 4.58. The number of nitrogens with one attached hydrogen (secondary N) is 1. The van der Waals surface area contributed by atoms with Gasteiger partial charge < -0.3 is 24.1 Å². The molecule has 0 spiro atoms. The third-order valence-corrected chi connectivity index (χ3v) is 4.58. The molecule has 2 aromatic carbocycles. The van der Waals surface area contributed by atoms with Crippen molar-refractivity contribution in [3.8, 4) is 11.5 Å². The lowest BCUT2D eigenvalue weighted by molar-refractivity contribution is -0.141. The first-order valence-corrected chi connectivity index (χ1v) is 9.03. The number of imidazole rings is 1.